The van der Waals surface area contributed by atoms with Crippen LogP contribution in [0.5, 0.6) is 5.75 Å². The zero-order valence-electron chi connectivity index (χ0n) is 22.4. The fraction of sp³-hybridized carbons (Fsp3) is 0.355. The van der Waals surface area contributed by atoms with E-state index >= 15 is 0 Å². The molecule has 3 aromatic carbocycles. The van der Waals surface area contributed by atoms with Crippen molar-refractivity contribution in [1.82, 2.24) is 4.98 Å². The van der Waals surface area contributed by atoms with Gasteiger partial charge in [0.1, 0.15) is 11.6 Å². The summed E-state index contributed by atoms with van der Waals surface area (Å²) >= 11 is 0. The van der Waals surface area contributed by atoms with E-state index in [1.165, 1.54) is 12.1 Å². The Morgan fingerprint density at radius 2 is 1.64 bits per heavy atom. The van der Waals surface area contributed by atoms with Crippen LogP contribution in [0.4, 0.5) is 23.2 Å². The average Bonchev–Trinajstić information content (AvgIpc) is 3.48. The maximum Gasteiger partial charge on any atom is 0.417 e. The van der Waals surface area contributed by atoms with Gasteiger partial charge in [0.15, 0.2) is 5.60 Å². The fourth-order valence-corrected chi connectivity index (χ4v) is 5.60. The molecule has 4 nitrogen and oxygen atoms in total. The maximum atomic E-state index is 14.4. The number of rotatable bonds is 7. The number of aromatic nitrogens is 1. The number of nitrogens with zero attached hydrogens (tertiary/aromatic N) is 1. The summed E-state index contributed by atoms with van der Waals surface area (Å²) in [5.74, 6) is -0.108. The SMILES string of the molecule is CN(C)c1ccc(-c2ccc3[nH]c(CC(O)(CC(C)(C)c4cc(F)cc5c4OCC5)C(F)(F)F)cc3c2)cc1. The van der Waals surface area contributed by atoms with E-state index in [1.807, 2.05) is 61.5 Å². The van der Waals surface area contributed by atoms with Gasteiger partial charge >= 0.3 is 6.18 Å². The van der Waals surface area contributed by atoms with Crippen molar-refractivity contribution in [2.24, 2.45) is 0 Å². The number of ether oxygens (including phenoxy) is 1. The summed E-state index contributed by atoms with van der Waals surface area (Å²) in [5.41, 5.74) is 0.622. The molecule has 39 heavy (non-hydrogen) atoms. The number of H-pyrrole nitrogens is 1. The highest BCUT2D eigenvalue weighted by atomic mass is 19.4. The lowest BCUT2D eigenvalue weighted by atomic mass is 9.72. The Morgan fingerprint density at radius 1 is 0.949 bits per heavy atom. The third-order valence-electron chi connectivity index (χ3n) is 7.62. The number of anilines is 1. The minimum Gasteiger partial charge on any atom is -0.493 e. The van der Waals surface area contributed by atoms with Gasteiger partial charge in [-0.15, -0.1) is 0 Å². The van der Waals surface area contributed by atoms with Gasteiger partial charge in [0, 0.05) is 60.3 Å². The normalized spacial score (nSPS) is 15.2. The molecule has 2 heterocycles. The third-order valence-corrected chi connectivity index (χ3v) is 7.62. The summed E-state index contributed by atoms with van der Waals surface area (Å²) in [6, 6.07) is 17.9. The standard InChI is InChI=1S/C31H32F4N2O2/c1-29(2,26-16-23(32)14-21-11-12-39-28(21)26)18-30(38,31(33,34)35)17-24-15-22-13-20(7-10-27(22)36-24)19-5-8-25(9-6-19)37(3)4/h5-10,13-16,36,38H,11-12,17-18H2,1-4H3. The van der Waals surface area contributed by atoms with Gasteiger partial charge in [0.05, 0.1) is 6.61 Å². The molecule has 0 radical (unpaired) electrons. The Bertz CT molecular complexity index is 1510. The second-order valence-electron chi connectivity index (χ2n) is 11.3. The molecule has 0 saturated carbocycles. The summed E-state index contributed by atoms with van der Waals surface area (Å²) in [4.78, 5) is 5.05. The summed E-state index contributed by atoms with van der Waals surface area (Å²) in [6.45, 7) is 3.52. The molecule has 0 saturated heterocycles. The first-order chi connectivity index (χ1) is 18.3. The minimum absolute atomic E-state index is 0.265. The molecule has 0 fully saturated rings. The number of alkyl halides is 3. The van der Waals surface area contributed by atoms with Crippen LogP contribution in [0, 0.1) is 5.82 Å². The number of fused-ring (bicyclic) bond motifs is 2. The van der Waals surface area contributed by atoms with Crippen molar-refractivity contribution in [3.63, 3.8) is 0 Å². The molecule has 1 aromatic heterocycles. The molecule has 0 aliphatic carbocycles. The lowest BCUT2D eigenvalue weighted by Crippen LogP contribution is -2.51. The van der Waals surface area contributed by atoms with Gasteiger partial charge in [-0.1, -0.05) is 32.0 Å². The number of hydrogen-bond donors (Lipinski definition) is 2. The van der Waals surface area contributed by atoms with Crippen molar-refractivity contribution in [2.45, 2.75) is 50.3 Å². The molecule has 1 aliphatic rings. The number of hydrogen-bond acceptors (Lipinski definition) is 3. The monoisotopic (exact) mass is 540 g/mol. The zero-order chi connectivity index (χ0) is 28.2. The summed E-state index contributed by atoms with van der Waals surface area (Å²) in [5, 5.41) is 11.9. The van der Waals surface area contributed by atoms with Crippen LogP contribution in [0.2, 0.25) is 0 Å². The van der Waals surface area contributed by atoms with Gasteiger partial charge in [0.25, 0.3) is 0 Å². The van der Waals surface area contributed by atoms with E-state index in [0.29, 0.717) is 35.4 Å². The molecule has 2 N–H and O–H groups in total. The first kappa shape index (κ1) is 27.1. The van der Waals surface area contributed by atoms with Gasteiger partial charge in [0.2, 0.25) is 0 Å². The van der Waals surface area contributed by atoms with Gasteiger partial charge in [-0.25, -0.2) is 4.39 Å². The van der Waals surface area contributed by atoms with Gasteiger partial charge < -0.3 is 19.7 Å². The number of halogens is 4. The van der Waals surface area contributed by atoms with Crippen molar-refractivity contribution >= 4 is 16.6 Å². The van der Waals surface area contributed by atoms with Crippen LogP contribution in [-0.2, 0) is 18.3 Å². The number of benzene rings is 3. The van der Waals surface area contributed by atoms with Crippen molar-refractivity contribution in [1.29, 1.82) is 0 Å². The van der Waals surface area contributed by atoms with Crippen LogP contribution in [0.15, 0.2) is 60.7 Å². The molecule has 0 amide bonds. The van der Waals surface area contributed by atoms with E-state index in [4.69, 9.17) is 4.74 Å². The Morgan fingerprint density at radius 3 is 2.31 bits per heavy atom. The molecule has 5 rings (SSSR count). The second-order valence-corrected chi connectivity index (χ2v) is 11.3. The van der Waals surface area contributed by atoms with Crippen molar-refractivity contribution in [2.75, 3.05) is 25.6 Å². The maximum absolute atomic E-state index is 14.4. The van der Waals surface area contributed by atoms with Crippen LogP contribution >= 0.6 is 0 Å². The van der Waals surface area contributed by atoms with Crippen molar-refractivity contribution in [3.05, 3.63) is 83.3 Å². The van der Waals surface area contributed by atoms with E-state index in [9.17, 15) is 22.7 Å². The number of aliphatic hydroxyl groups is 1. The first-order valence-corrected chi connectivity index (χ1v) is 12.9. The molecule has 1 aliphatic heterocycles. The topological polar surface area (TPSA) is 48.5 Å². The van der Waals surface area contributed by atoms with Gasteiger partial charge in [-0.2, -0.15) is 13.2 Å². The Kier molecular flexibility index (Phi) is 6.66. The van der Waals surface area contributed by atoms with Crippen LogP contribution < -0.4 is 9.64 Å². The fourth-order valence-electron chi connectivity index (χ4n) is 5.60. The quantitative estimate of drug-likeness (QED) is 0.244. The predicted molar refractivity (Wildman–Crippen MR) is 146 cm³/mol. The second kappa shape index (κ2) is 9.59. The lowest BCUT2D eigenvalue weighted by Gasteiger charge is -2.38. The molecule has 206 valence electrons. The Balaban J connectivity index is 1.45. The molecule has 1 atom stereocenters. The van der Waals surface area contributed by atoms with E-state index in [2.05, 4.69) is 4.98 Å². The van der Waals surface area contributed by atoms with Crippen LogP contribution in [0.1, 0.15) is 37.1 Å². The molecular formula is C31H32F4N2O2. The first-order valence-electron chi connectivity index (χ1n) is 12.9. The summed E-state index contributed by atoms with van der Waals surface area (Å²) in [7, 11) is 3.92. The van der Waals surface area contributed by atoms with E-state index < -0.39 is 35.9 Å². The molecule has 0 bridgehead atoms. The smallest absolute Gasteiger partial charge is 0.417 e. The lowest BCUT2D eigenvalue weighted by molar-refractivity contribution is -0.266. The predicted octanol–water partition coefficient (Wildman–Crippen LogP) is 7.18. The van der Waals surface area contributed by atoms with Crippen LogP contribution in [0.3, 0.4) is 0 Å². The van der Waals surface area contributed by atoms with Crippen molar-refractivity contribution in [3.8, 4) is 16.9 Å². The molecule has 4 aromatic rings. The van der Waals surface area contributed by atoms with E-state index in [1.54, 1.807) is 19.9 Å². The molecule has 8 heteroatoms. The summed E-state index contributed by atoms with van der Waals surface area (Å²) < 4.78 is 63.3. The minimum atomic E-state index is -4.92. The third kappa shape index (κ3) is 5.22. The summed E-state index contributed by atoms with van der Waals surface area (Å²) in [6.07, 6.45) is -5.75. The molecular weight excluding hydrogens is 508 g/mol. The van der Waals surface area contributed by atoms with Crippen LogP contribution in [0.25, 0.3) is 22.0 Å². The Labute approximate surface area is 225 Å². The Hall–Kier alpha value is -3.52. The van der Waals surface area contributed by atoms with Crippen LogP contribution in [-0.4, -0.2) is 42.6 Å². The highest BCUT2D eigenvalue weighted by Gasteiger charge is 2.56. The number of nitrogens with one attached hydrogen (secondary N) is 1. The highest BCUT2D eigenvalue weighted by molar-refractivity contribution is 5.86. The largest absolute Gasteiger partial charge is 0.493 e. The van der Waals surface area contributed by atoms with E-state index in [0.717, 1.165) is 22.2 Å². The highest BCUT2D eigenvalue weighted by Crippen LogP contribution is 2.47. The van der Waals surface area contributed by atoms with Crippen molar-refractivity contribution < 1.29 is 27.4 Å². The zero-order valence-corrected chi connectivity index (χ0v) is 22.4. The van der Waals surface area contributed by atoms with Gasteiger partial charge in [-0.3, -0.25) is 0 Å². The van der Waals surface area contributed by atoms with E-state index in [-0.39, 0.29) is 5.69 Å². The average molecular weight is 541 g/mol. The molecule has 1 unspecified atom stereocenters. The van der Waals surface area contributed by atoms with Gasteiger partial charge in [-0.05, 0) is 65.4 Å². The molecule has 0 spiro atoms. The number of aromatic amines is 1.